The van der Waals surface area contributed by atoms with E-state index in [0.717, 1.165) is 24.4 Å². The first-order valence-corrected chi connectivity index (χ1v) is 8.47. The summed E-state index contributed by atoms with van der Waals surface area (Å²) in [5, 5.41) is 3.85. The van der Waals surface area contributed by atoms with Crippen LogP contribution in [0.15, 0.2) is 11.8 Å². The molecule has 6 heteroatoms. The van der Waals surface area contributed by atoms with Gasteiger partial charge in [-0.05, 0) is 40.4 Å². The quantitative estimate of drug-likeness (QED) is 0.745. The van der Waals surface area contributed by atoms with E-state index >= 15 is 0 Å². The topological polar surface area (TPSA) is 62.3 Å². The van der Waals surface area contributed by atoms with Gasteiger partial charge >= 0.3 is 0 Å². The number of ketones is 2. The highest BCUT2D eigenvalue weighted by atomic mass is 32.1. The zero-order chi connectivity index (χ0) is 16.1. The van der Waals surface area contributed by atoms with E-state index in [4.69, 9.17) is 0 Å². The largest absolute Gasteiger partial charge is 0.382 e. The van der Waals surface area contributed by atoms with E-state index in [1.54, 1.807) is 0 Å². The molecule has 0 aliphatic heterocycles. The number of carbonyl (C=O) groups excluding carboxylic acids is 2. The lowest BCUT2D eigenvalue weighted by Gasteiger charge is -2.13. The fourth-order valence-electron chi connectivity index (χ4n) is 2.40. The average molecular weight is 321 g/mol. The van der Waals surface area contributed by atoms with E-state index in [0.29, 0.717) is 22.8 Å². The van der Waals surface area contributed by atoms with Gasteiger partial charge < -0.3 is 10.2 Å². The Balaban J connectivity index is 1.77. The number of nitrogens with zero attached hydrogens (tertiary/aromatic N) is 2. The van der Waals surface area contributed by atoms with Gasteiger partial charge in [0.15, 0.2) is 5.78 Å². The lowest BCUT2D eigenvalue weighted by molar-refractivity contribution is 0.0977. The van der Waals surface area contributed by atoms with Gasteiger partial charge in [0.1, 0.15) is 10.6 Å². The number of hydrogen-bond donors (Lipinski definition) is 1. The van der Waals surface area contributed by atoms with Crippen molar-refractivity contribution in [3.05, 3.63) is 27.4 Å². The third kappa shape index (κ3) is 4.24. The molecule has 5 nitrogen and oxygen atoms in total. The molecule has 1 N–H and O–H groups in total. The molecule has 0 fully saturated rings. The van der Waals surface area contributed by atoms with E-state index in [-0.39, 0.29) is 11.6 Å². The van der Waals surface area contributed by atoms with Crippen molar-refractivity contribution in [3.8, 4) is 0 Å². The van der Waals surface area contributed by atoms with Crippen molar-refractivity contribution in [1.29, 1.82) is 0 Å². The second kappa shape index (κ2) is 7.65. The van der Waals surface area contributed by atoms with Crippen LogP contribution in [-0.4, -0.2) is 48.6 Å². The summed E-state index contributed by atoms with van der Waals surface area (Å²) < 4.78 is 0. The molecule has 1 aliphatic rings. The van der Waals surface area contributed by atoms with Gasteiger partial charge in [0.05, 0.1) is 10.7 Å². The van der Waals surface area contributed by atoms with Crippen LogP contribution in [0.4, 0.5) is 0 Å². The van der Waals surface area contributed by atoms with Crippen molar-refractivity contribution >= 4 is 22.9 Å². The minimum Gasteiger partial charge on any atom is -0.382 e. The first kappa shape index (κ1) is 16.8. The van der Waals surface area contributed by atoms with Gasteiger partial charge in [0.2, 0.25) is 5.78 Å². The molecule has 0 spiro atoms. The molecule has 1 heterocycles. The predicted octanol–water partition coefficient (Wildman–Crippen LogP) is 2.43. The molecule has 2 rings (SSSR count). The average Bonchev–Trinajstić information content (AvgIpc) is 2.85. The molecule has 1 aromatic heterocycles. The number of thiazole rings is 1. The summed E-state index contributed by atoms with van der Waals surface area (Å²) in [6, 6.07) is 0. The van der Waals surface area contributed by atoms with Crippen LogP contribution in [0.2, 0.25) is 0 Å². The van der Waals surface area contributed by atoms with Crippen molar-refractivity contribution in [2.45, 2.75) is 32.6 Å². The number of carbonyl (C=O) groups is 2. The molecule has 0 unspecified atom stereocenters. The Labute approximate surface area is 135 Å². The Morgan fingerprint density at radius 3 is 2.64 bits per heavy atom. The van der Waals surface area contributed by atoms with Crippen molar-refractivity contribution in [1.82, 2.24) is 15.2 Å². The van der Waals surface area contributed by atoms with Crippen molar-refractivity contribution in [2.24, 2.45) is 0 Å². The summed E-state index contributed by atoms with van der Waals surface area (Å²) in [6.45, 7) is 3.63. The van der Waals surface area contributed by atoms with Crippen LogP contribution in [0.3, 0.4) is 0 Å². The highest BCUT2D eigenvalue weighted by molar-refractivity contribution is 7.14. The smallest absolute Gasteiger partial charge is 0.228 e. The third-order valence-electron chi connectivity index (χ3n) is 3.54. The first-order valence-electron chi connectivity index (χ1n) is 7.66. The molecule has 22 heavy (non-hydrogen) atoms. The lowest BCUT2D eigenvalue weighted by Crippen LogP contribution is -2.27. The molecule has 0 amide bonds. The maximum absolute atomic E-state index is 12.3. The minimum atomic E-state index is -0.161. The second-order valence-electron chi connectivity index (χ2n) is 5.81. The van der Waals surface area contributed by atoms with E-state index in [9.17, 15) is 9.59 Å². The van der Waals surface area contributed by atoms with Gasteiger partial charge in [-0.3, -0.25) is 9.59 Å². The number of Topliss-reactive ketones (excluding diaryl/α,β-unsaturated/α-hetero) is 1. The van der Waals surface area contributed by atoms with Crippen LogP contribution < -0.4 is 5.32 Å². The Kier molecular flexibility index (Phi) is 5.85. The molecule has 0 radical (unpaired) electrons. The Morgan fingerprint density at radius 2 is 1.91 bits per heavy atom. The van der Waals surface area contributed by atoms with E-state index in [2.05, 4.69) is 29.3 Å². The number of nitrogens with one attached hydrogen (secondary N) is 1. The number of hydrogen-bond acceptors (Lipinski definition) is 6. The van der Waals surface area contributed by atoms with Crippen LogP contribution in [0.5, 0.6) is 0 Å². The minimum absolute atomic E-state index is 0.117. The van der Waals surface area contributed by atoms with E-state index in [1.807, 2.05) is 6.92 Å². The highest BCUT2D eigenvalue weighted by Crippen LogP contribution is 2.25. The molecule has 0 aromatic carbocycles. The number of rotatable bonds is 8. The Hall–Kier alpha value is -1.53. The standard InChI is InChI=1S/C16H23N3O2S/c1-11-18-14-15(21)12(10-13(20)16(14)22-11)17-8-6-4-5-7-9-19(2)3/h10,17H,4-9H2,1-3H3. The predicted molar refractivity (Wildman–Crippen MR) is 88.6 cm³/mol. The van der Waals surface area contributed by atoms with Gasteiger partial charge in [0, 0.05) is 12.6 Å². The molecule has 0 saturated heterocycles. The molecule has 0 saturated carbocycles. The molecular weight excluding hydrogens is 298 g/mol. The van der Waals surface area contributed by atoms with Gasteiger partial charge in [-0.15, -0.1) is 11.3 Å². The summed E-state index contributed by atoms with van der Waals surface area (Å²) in [5.74, 6) is -0.278. The van der Waals surface area contributed by atoms with E-state index < -0.39 is 0 Å². The second-order valence-corrected chi connectivity index (χ2v) is 7.01. The maximum Gasteiger partial charge on any atom is 0.228 e. The monoisotopic (exact) mass is 321 g/mol. The highest BCUT2D eigenvalue weighted by Gasteiger charge is 2.29. The molecule has 0 atom stereocenters. The van der Waals surface area contributed by atoms with Gasteiger partial charge in [-0.25, -0.2) is 4.98 Å². The number of aryl methyl sites for hydroxylation is 1. The Bertz CT molecular complexity index is 590. The summed E-state index contributed by atoms with van der Waals surface area (Å²) in [6.07, 6.45) is 5.90. The van der Waals surface area contributed by atoms with Gasteiger partial charge in [-0.2, -0.15) is 0 Å². The summed E-state index contributed by atoms with van der Waals surface area (Å²) in [7, 11) is 4.16. The van der Waals surface area contributed by atoms with Crippen LogP contribution in [0, 0.1) is 6.92 Å². The summed E-state index contributed by atoms with van der Waals surface area (Å²) in [5.41, 5.74) is 0.694. The molecular formula is C16H23N3O2S. The SMILES string of the molecule is Cc1nc2c(s1)C(=O)C=C(NCCCCCCN(C)C)C2=O. The summed E-state index contributed by atoms with van der Waals surface area (Å²) in [4.78, 5) is 31.1. The zero-order valence-electron chi connectivity index (χ0n) is 13.4. The number of unbranched alkanes of at least 4 members (excludes halogenated alkanes) is 3. The molecule has 120 valence electrons. The van der Waals surface area contributed by atoms with Crippen LogP contribution >= 0.6 is 11.3 Å². The van der Waals surface area contributed by atoms with Crippen LogP contribution in [0.1, 0.15) is 50.9 Å². The third-order valence-corrected chi connectivity index (χ3v) is 4.53. The van der Waals surface area contributed by atoms with Crippen molar-refractivity contribution < 1.29 is 9.59 Å². The Morgan fingerprint density at radius 1 is 1.18 bits per heavy atom. The molecule has 1 aromatic rings. The van der Waals surface area contributed by atoms with Crippen molar-refractivity contribution in [3.63, 3.8) is 0 Å². The number of aromatic nitrogens is 1. The fourth-order valence-corrected chi connectivity index (χ4v) is 3.23. The van der Waals surface area contributed by atoms with E-state index in [1.165, 1.54) is 30.3 Å². The molecule has 1 aliphatic carbocycles. The van der Waals surface area contributed by atoms with Gasteiger partial charge in [-0.1, -0.05) is 12.8 Å². The normalized spacial score (nSPS) is 14.3. The fraction of sp³-hybridized carbons (Fsp3) is 0.562. The number of fused-ring (bicyclic) bond motifs is 1. The van der Waals surface area contributed by atoms with Crippen LogP contribution in [0.25, 0.3) is 0 Å². The summed E-state index contributed by atoms with van der Waals surface area (Å²) >= 11 is 1.29. The zero-order valence-corrected chi connectivity index (χ0v) is 14.3. The van der Waals surface area contributed by atoms with Crippen LogP contribution in [-0.2, 0) is 0 Å². The molecule has 0 bridgehead atoms. The lowest BCUT2D eigenvalue weighted by atomic mass is 10.0. The number of allylic oxidation sites excluding steroid dienone is 2. The first-order chi connectivity index (χ1) is 10.5. The van der Waals surface area contributed by atoms with Gasteiger partial charge in [0.25, 0.3) is 0 Å². The van der Waals surface area contributed by atoms with Crippen molar-refractivity contribution in [2.75, 3.05) is 27.2 Å². The maximum atomic E-state index is 12.3.